The minimum Gasteiger partial charge on any atom is -0.464 e. The Morgan fingerprint density at radius 2 is 2.44 bits per heavy atom. The molecule has 7 heteroatoms. The molecule has 1 heterocycles. The summed E-state index contributed by atoms with van der Waals surface area (Å²) in [6.07, 6.45) is 1.64. The van der Waals surface area contributed by atoms with Crippen molar-refractivity contribution in [2.75, 3.05) is 6.61 Å². The Labute approximate surface area is 96.8 Å². The second-order valence-electron chi connectivity index (χ2n) is 2.92. The van der Waals surface area contributed by atoms with Gasteiger partial charge >= 0.3 is 5.97 Å². The van der Waals surface area contributed by atoms with Gasteiger partial charge in [-0.25, -0.2) is 4.79 Å². The maximum atomic E-state index is 11.4. The molecule has 0 aliphatic heterocycles. The molecule has 1 atom stereocenters. The molecule has 16 heavy (non-hydrogen) atoms. The third kappa shape index (κ3) is 3.59. The van der Waals surface area contributed by atoms with Gasteiger partial charge in [-0.3, -0.25) is 9.78 Å². The molecule has 6 nitrogen and oxygen atoms in total. The monoisotopic (exact) mass is 243 g/mol. The number of hydrogen-bond donors (Lipinski definition) is 2. The fourth-order valence-electron chi connectivity index (χ4n) is 0.953. The molecule has 1 aromatic heterocycles. The van der Waals surface area contributed by atoms with Crippen molar-refractivity contribution in [2.24, 2.45) is 5.73 Å². The minimum absolute atomic E-state index is 0.203. The number of ether oxygens (including phenoxy) is 1. The summed E-state index contributed by atoms with van der Waals surface area (Å²) < 4.78 is 4.63. The van der Waals surface area contributed by atoms with Gasteiger partial charge < -0.3 is 15.8 Å². The highest BCUT2D eigenvalue weighted by molar-refractivity contribution is 7.09. The number of thiazole rings is 1. The maximum absolute atomic E-state index is 11.4. The molecule has 0 bridgehead atoms. The number of rotatable bonds is 5. The predicted molar refractivity (Wildman–Crippen MR) is 58.6 cm³/mol. The molecule has 88 valence electrons. The van der Waals surface area contributed by atoms with E-state index in [0.29, 0.717) is 6.54 Å². The van der Waals surface area contributed by atoms with Crippen LogP contribution in [0.2, 0.25) is 0 Å². The summed E-state index contributed by atoms with van der Waals surface area (Å²) in [5, 5.41) is 2.53. The van der Waals surface area contributed by atoms with Crippen molar-refractivity contribution in [3.8, 4) is 0 Å². The summed E-state index contributed by atoms with van der Waals surface area (Å²) in [5.41, 5.74) is 7.05. The molecule has 0 aromatic carbocycles. The molecule has 3 N–H and O–H groups in total. The van der Waals surface area contributed by atoms with E-state index in [1.165, 1.54) is 11.3 Å². The number of hydrogen-bond acceptors (Lipinski definition) is 6. The molecular formula is C9H13N3O3S. The molecule has 0 radical (unpaired) electrons. The van der Waals surface area contributed by atoms with E-state index in [1.54, 1.807) is 18.6 Å². The first-order valence-corrected chi connectivity index (χ1v) is 5.60. The Hall–Kier alpha value is -1.47. The second kappa shape index (κ2) is 6.19. The van der Waals surface area contributed by atoms with Crippen LogP contribution in [0.3, 0.4) is 0 Å². The van der Waals surface area contributed by atoms with E-state index in [4.69, 9.17) is 5.73 Å². The zero-order valence-electron chi connectivity index (χ0n) is 8.80. The topological polar surface area (TPSA) is 94.3 Å². The van der Waals surface area contributed by atoms with Gasteiger partial charge in [-0.1, -0.05) is 0 Å². The van der Waals surface area contributed by atoms with Crippen LogP contribution in [0, 0.1) is 0 Å². The molecule has 0 aliphatic rings. The van der Waals surface area contributed by atoms with Crippen LogP contribution in [0.1, 0.15) is 11.8 Å². The van der Waals surface area contributed by atoms with E-state index in [1.807, 2.05) is 0 Å². The third-order valence-electron chi connectivity index (χ3n) is 1.74. The first kappa shape index (κ1) is 12.6. The fourth-order valence-corrected chi connectivity index (χ4v) is 1.49. The van der Waals surface area contributed by atoms with E-state index in [-0.39, 0.29) is 6.61 Å². The summed E-state index contributed by atoms with van der Waals surface area (Å²) in [5.74, 6) is -1.27. The lowest BCUT2D eigenvalue weighted by Crippen LogP contribution is -2.46. The van der Waals surface area contributed by atoms with Gasteiger partial charge in [0.25, 0.3) is 0 Å². The largest absolute Gasteiger partial charge is 0.464 e. The van der Waals surface area contributed by atoms with E-state index in [9.17, 15) is 9.59 Å². The number of carbonyl (C=O) groups excluding carboxylic acids is 2. The molecule has 0 saturated heterocycles. The van der Waals surface area contributed by atoms with Crippen molar-refractivity contribution in [3.63, 3.8) is 0 Å². The highest BCUT2D eigenvalue weighted by Crippen LogP contribution is 2.04. The minimum atomic E-state index is -1.27. The van der Waals surface area contributed by atoms with E-state index < -0.39 is 17.9 Å². The van der Waals surface area contributed by atoms with Crippen LogP contribution in [0.15, 0.2) is 11.7 Å². The van der Waals surface area contributed by atoms with Gasteiger partial charge in [0, 0.05) is 11.1 Å². The van der Waals surface area contributed by atoms with Crippen molar-refractivity contribution in [1.82, 2.24) is 10.3 Å². The van der Waals surface area contributed by atoms with Gasteiger partial charge in [0.1, 0.15) is 0 Å². The normalized spacial score (nSPS) is 11.9. The molecule has 1 aromatic rings. The number of nitrogens with zero attached hydrogens (tertiary/aromatic N) is 1. The zero-order valence-corrected chi connectivity index (χ0v) is 9.62. The van der Waals surface area contributed by atoms with Crippen molar-refractivity contribution in [1.29, 1.82) is 0 Å². The summed E-state index contributed by atoms with van der Waals surface area (Å²) in [6, 6.07) is -1.27. The Bertz CT molecular complexity index is 353. The first-order valence-electron chi connectivity index (χ1n) is 4.72. The zero-order chi connectivity index (χ0) is 12.0. The average Bonchev–Trinajstić information content (AvgIpc) is 2.78. The molecule has 0 aliphatic carbocycles. The van der Waals surface area contributed by atoms with Crippen LogP contribution in [-0.4, -0.2) is 29.5 Å². The van der Waals surface area contributed by atoms with Crippen LogP contribution < -0.4 is 11.1 Å². The lowest BCUT2D eigenvalue weighted by molar-refractivity contribution is -0.148. The Kier molecular flexibility index (Phi) is 4.87. The first-order chi connectivity index (χ1) is 7.65. The second-order valence-corrected chi connectivity index (χ2v) is 3.89. The lowest BCUT2D eigenvalue weighted by atomic mass is 10.3. The van der Waals surface area contributed by atoms with Crippen LogP contribution >= 0.6 is 11.3 Å². The smallest absolute Gasteiger partial charge is 0.332 e. The van der Waals surface area contributed by atoms with Gasteiger partial charge in [0.15, 0.2) is 6.04 Å². The maximum Gasteiger partial charge on any atom is 0.332 e. The van der Waals surface area contributed by atoms with Crippen LogP contribution in [0.5, 0.6) is 0 Å². The summed E-state index contributed by atoms with van der Waals surface area (Å²) in [7, 11) is 0. The van der Waals surface area contributed by atoms with Crippen LogP contribution in [-0.2, 0) is 20.9 Å². The van der Waals surface area contributed by atoms with Crippen molar-refractivity contribution >= 4 is 23.2 Å². The van der Waals surface area contributed by atoms with Gasteiger partial charge in [-0.2, -0.15) is 0 Å². The van der Waals surface area contributed by atoms with Gasteiger partial charge in [0.05, 0.1) is 18.7 Å². The molecule has 1 rings (SSSR count). The molecule has 0 saturated carbocycles. The van der Waals surface area contributed by atoms with Crippen molar-refractivity contribution in [2.45, 2.75) is 19.5 Å². The van der Waals surface area contributed by atoms with Crippen LogP contribution in [0.4, 0.5) is 0 Å². The summed E-state index contributed by atoms with van der Waals surface area (Å²) in [4.78, 5) is 27.3. The highest BCUT2D eigenvalue weighted by atomic mass is 32.1. The summed E-state index contributed by atoms with van der Waals surface area (Å²) in [6.45, 7) is 2.17. The van der Waals surface area contributed by atoms with E-state index >= 15 is 0 Å². The Balaban J connectivity index is 2.37. The number of nitrogens with two attached hydrogens (primary N) is 1. The van der Waals surface area contributed by atoms with Crippen LogP contribution in [0.25, 0.3) is 0 Å². The number of esters is 1. The summed E-state index contributed by atoms with van der Waals surface area (Å²) >= 11 is 1.41. The van der Waals surface area contributed by atoms with Gasteiger partial charge in [-0.05, 0) is 6.92 Å². The number of nitrogens with one attached hydrogen (secondary N) is 1. The SMILES string of the molecule is CCOC(=O)C(N)C(=O)NCc1cncs1. The van der Waals surface area contributed by atoms with Crippen molar-refractivity contribution in [3.05, 3.63) is 16.6 Å². The van der Waals surface area contributed by atoms with Crippen molar-refractivity contribution < 1.29 is 14.3 Å². The quantitative estimate of drug-likeness (QED) is 0.544. The molecule has 1 amide bonds. The van der Waals surface area contributed by atoms with Gasteiger partial charge in [-0.15, -0.1) is 11.3 Å². The number of aromatic nitrogens is 1. The van der Waals surface area contributed by atoms with E-state index in [2.05, 4.69) is 15.0 Å². The Morgan fingerprint density at radius 3 is 3.00 bits per heavy atom. The standard InChI is InChI=1S/C9H13N3O3S/c1-2-15-9(14)7(10)8(13)12-4-6-3-11-5-16-6/h3,5,7H,2,4,10H2,1H3,(H,12,13). The van der Waals surface area contributed by atoms with E-state index in [0.717, 1.165) is 4.88 Å². The fraction of sp³-hybridized carbons (Fsp3) is 0.444. The predicted octanol–water partition coefficient (Wildman–Crippen LogP) is -0.350. The lowest BCUT2D eigenvalue weighted by Gasteiger charge is -2.10. The van der Waals surface area contributed by atoms with Gasteiger partial charge in [0.2, 0.25) is 5.91 Å². The molecular weight excluding hydrogens is 230 g/mol. The molecule has 0 spiro atoms. The molecule has 1 unspecified atom stereocenters. The average molecular weight is 243 g/mol. The third-order valence-corrected chi connectivity index (χ3v) is 2.52. The number of amides is 1. The Morgan fingerprint density at radius 1 is 1.69 bits per heavy atom. The molecule has 0 fully saturated rings. The highest BCUT2D eigenvalue weighted by Gasteiger charge is 2.22. The number of carbonyl (C=O) groups is 2.